The molecular weight excluding hydrogens is 200 g/mol. The largest absolute Gasteiger partial charge is 0.295 e. The molecule has 0 aliphatic carbocycles. The van der Waals surface area contributed by atoms with Crippen LogP contribution >= 0.6 is 11.3 Å². The predicted octanol–water partition coefficient (Wildman–Crippen LogP) is 1.05. The molecule has 0 aromatic carbocycles. The van der Waals surface area contributed by atoms with Crippen molar-refractivity contribution in [2.75, 3.05) is 5.32 Å². The third-order valence-electron chi connectivity index (χ3n) is 1.62. The van der Waals surface area contributed by atoms with E-state index >= 15 is 0 Å². The molecular formula is C8H8N4OS. The fourth-order valence-corrected chi connectivity index (χ4v) is 1.69. The minimum Gasteiger partial charge on any atom is -0.295 e. The lowest BCUT2D eigenvalue weighted by Crippen LogP contribution is -2.14. The molecule has 0 unspecified atom stereocenters. The summed E-state index contributed by atoms with van der Waals surface area (Å²) in [6.07, 6.45) is 1.71. The number of rotatable bonds is 3. The van der Waals surface area contributed by atoms with Crippen molar-refractivity contribution in [1.82, 2.24) is 15.2 Å². The van der Waals surface area contributed by atoms with Crippen LogP contribution in [0.15, 0.2) is 23.2 Å². The second kappa shape index (κ2) is 4.01. The van der Waals surface area contributed by atoms with E-state index in [1.807, 2.05) is 16.8 Å². The molecule has 0 aliphatic rings. The third kappa shape index (κ3) is 2.17. The summed E-state index contributed by atoms with van der Waals surface area (Å²) in [4.78, 5) is 15.2. The molecule has 1 amide bonds. The van der Waals surface area contributed by atoms with Gasteiger partial charge in [-0.2, -0.15) is 21.4 Å². The van der Waals surface area contributed by atoms with Crippen molar-refractivity contribution in [1.29, 1.82) is 0 Å². The van der Waals surface area contributed by atoms with E-state index in [1.165, 1.54) is 6.33 Å². The highest BCUT2D eigenvalue weighted by Crippen LogP contribution is 2.07. The summed E-state index contributed by atoms with van der Waals surface area (Å²) >= 11 is 1.57. The number of anilines is 1. The molecule has 2 rings (SSSR count). The summed E-state index contributed by atoms with van der Waals surface area (Å²) in [5, 5.41) is 12.7. The summed E-state index contributed by atoms with van der Waals surface area (Å²) in [5.74, 6) is 0.283. The van der Waals surface area contributed by atoms with E-state index in [0.717, 1.165) is 5.56 Å². The van der Waals surface area contributed by atoms with E-state index in [0.29, 0.717) is 12.4 Å². The van der Waals surface area contributed by atoms with Crippen LogP contribution in [0.4, 0.5) is 5.95 Å². The van der Waals surface area contributed by atoms with Crippen LogP contribution in [0.2, 0.25) is 0 Å². The smallest absolute Gasteiger partial charge is 0.231 e. The summed E-state index contributed by atoms with van der Waals surface area (Å²) in [5.41, 5.74) is 1.01. The lowest BCUT2D eigenvalue weighted by molar-refractivity contribution is -0.115. The zero-order chi connectivity index (χ0) is 9.80. The van der Waals surface area contributed by atoms with Gasteiger partial charge in [0.15, 0.2) is 0 Å². The summed E-state index contributed by atoms with van der Waals surface area (Å²) < 4.78 is 0. The SMILES string of the molecule is O=C(Cc1ccsc1)Nc1ncn[nH]1. The average molecular weight is 208 g/mol. The molecule has 14 heavy (non-hydrogen) atoms. The van der Waals surface area contributed by atoms with Crippen molar-refractivity contribution in [3.63, 3.8) is 0 Å². The fourth-order valence-electron chi connectivity index (χ4n) is 1.02. The fraction of sp³-hybridized carbons (Fsp3) is 0.125. The van der Waals surface area contributed by atoms with Gasteiger partial charge >= 0.3 is 0 Å². The number of aromatic nitrogens is 3. The highest BCUT2D eigenvalue weighted by Gasteiger charge is 2.05. The zero-order valence-corrected chi connectivity index (χ0v) is 8.04. The van der Waals surface area contributed by atoms with Crippen molar-refractivity contribution in [3.8, 4) is 0 Å². The van der Waals surface area contributed by atoms with Gasteiger partial charge in [0.05, 0.1) is 6.42 Å². The molecule has 0 bridgehead atoms. The first-order valence-corrected chi connectivity index (χ1v) is 4.95. The maximum absolute atomic E-state index is 11.4. The van der Waals surface area contributed by atoms with Crippen molar-refractivity contribution in [3.05, 3.63) is 28.7 Å². The first kappa shape index (κ1) is 8.89. The van der Waals surface area contributed by atoms with E-state index in [2.05, 4.69) is 20.5 Å². The van der Waals surface area contributed by atoms with Gasteiger partial charge in [-0.25, -0.2) is 5.10 Å². The quantitative estimate of drug-likeness (QED) is 0.792. The van der Waals surface area contributed by atoms with Crippen LogP contribution in [-0.2, 0) is 11.2 Å². The van der Waals surface area contributed by atoms with Crippen molar-refractivity contribution >= 4 is 23.2 Å². The second-order valence-electron chi connectivity index (χ2n) is 2.69. The van der Waals surface area contributed by atoms with Gasteiger partial charge in [0.25, 0.3) is 0 Å². The monoisotopic (exact) mass is 208 g/mol. The number of nitrogens with one attached hydrogen (secondary N) is 2. The predicted molar refractivity (Wildman–Crippen MR) is 53.0 cm³/mol. The molecule has 2 aromatic rings. The first-order valence-electron chi connectivity index (χ1n) is 4.01. The Labute approximate surface area is 84.2 Å². The summed E-state index contributed by atoms with van der Waals surface area (Å²) in [6.45, 7) is 0. The number of amides is 1. The first-order chi connectivity index (χ1) is 6.84. The number of carbonyl (C=O) groups excluding carboxylic acids is 1. The van der Waals surface area contributed by atoms with Gasteiger partial charge in [0, 0.05) is 0 Å². The molecule has 0 saturated heterocycles. The number of carbonyl (C=O) groups is 1. The Bertz CT molecular complexity index is 357. The maximum Gasteiger partial charge on any atom is 0.231 e. The Kier molecular flexibility index (Phi) is 2.55. The molecule has 72 valence electrons. The minimum atomic E-state index is -0.0971. The van der Waals surface area contributed by atoms with Crippen LogP contribution in [0, 0.1) is 0 Å². The van der Waals surface area contributed by atoms with Crippen molar-refractivity contribution < 1.29 is 4.79 Å². The summed E-state index contributed by atoms with van der Waals surface area (Å²) in [7, 11) is 0. The van der Waals surface area contributed by atoms with E-state index in [4.69, 9.17) is 0 Å². The van der Waals surface area contributed by atoms with Crippen LogP contribution < -0.4 is 5.32 Å². The zero-order valence-electron chi connectivity index (χ0n) is 7.23. The standard InChI is InChI=1S/C8H8N4OS/c13-7(3-6-1-2-14-4-6)11-8-9-5-10-12-8/h1-2,4-5H,3H2,(H2,9,10,11,12,13). The van der Waals surface area contributed by atoms with Gasteiger partial charge in [0.2, 0.25) is 11.9 Å². The Balaban J connectivity index is 1.91. The number of hydrogen-bond acceptors (Lipinski definition) is 4. The van der Waals surface area contributed by atoms with Gasteiger partial charge in [0.1, 0.15) is 6.33 Å². The number of H-pyrrole nitrogens is 1. The Morgan fingerprint density at radius 3 is 3.21 bits per heavy atom. The molecule has 0 radical (unpaired) electrons. The lowest BCUT2D eigenvalue weighted by atomic mass is 10.2. The molecule has 0 atom stereocenters. The van der Waals surface area contributed by atoms with Crippen molar-refractivity contribution in [2.24, 2.45) is 0 Å². The highest BCUT2D eigenvalue weighted by atomic mass is 32.1. The molecule has 2 heterocycles. The Hall–Kier alpha value is -1.69. The van der Waals surface area contributed by atoms with Crippen LogP contribution in [0.1, 0.15) is 5.56 Å². The van der Waals surface area contributed by atoms with E-state index in [9.17, 15) is 4.79 Å². The van der Waals surface area contributed by atoms with Gasteiger partial charge in [-0.1, -0.05) is 0 Å². The van der Waals surface area contributed by atoms with Crippen molar-refractivity contribution in [2.45, 2.75) is 6.42 Å². The van der Waals surface area contributed by atoms with E-state index in [1.54, 1.807) is 11.3 Å². The number of hydrogen-bond donors (Lipinski definition) is 2. The molecule has 6 heteroatoms. The highest BCUT2D eigenvalue weighted by molar-refractivity contribution is 7.07. The van der Waals surface area contributed by atoms with Gasteiger partial charge in [-0.05, 0) is 22.4 Å². The van der Waals surface area contributed by atoms with Crippen LogP contribution in [0.5, 0.6) is 0 Å². The number of aromatic amines is 1. The van der Waals surface area contributed by atoms with Gasteiger partial charge in [-0.15, -0.1) is 0 Å². The molecule has 0 fully saturated rings. The number of nitrogens with zero attached hydrogens (tertiary/aromatic N) is 2. The molecule has 0 aliphatic heterocycles. The molecule has 2 aromatic heterocycles. The maximum atomic E-state index is 11.4. The molecule has 2 N–H and O–H groups in total. The Morgan fingerprint density at radius 1 is 1.64 bits per heavy atom. The van der Waals surface area contributed by atoms with Gasteiger partial charge < -0.3 is 0 Å². The van der Waals surface area contributed by atoms with Crippen LogP contribution in [0.3, 0.4) is 0 Å². The average Bonchev–Trinajstić information content (AvgIpc) is 2.76. The molecule has 0 spiro atoms. The van der Waals surface area contributed by atoms with E-state index < -0.39 is 0 Å². The minimum absolute atomic E-state index is 0.0971. The summed E-state index contributed by atoms with van der Waals surface area (Å²) in [6, 6.07) is 1.92. The normalized spacial score (nSPS) is 10.0. The third-order valence-corrected chi connectivity index (χ3v) is 2.35. The van der Waals surface area contributed by atoms with Gasteiger partial charge in [-0.3, -0.25) is 10.1 Å². The van der Waals surface area contributed by atoms with Crippen LogP contribution in [-0.4, -0.2) is 21.1 Å². The second-order valence-corrected chi connectivity index (χ2v) is 3.47. The van der Waals surface area contributed by atoms with Crippen LogP contribution in [0.25, 0.3) is 0 Å². The topological polar surface area (TPSA) is 70.7 Å². The molecule has 5 nitrogen and oxygen atoms in total. The lowest BCUT2D eigenvalue weighted by Gasteiger charge is -1.98. The number of thiophene rings is 1. The Morgan fingerprint density at radius 2 is 2.57 bits per heavy atom. The molecule has 0 saturated carbocycles. The van der Waals surface area contributed by atoms with E-state index in [-0.39, 0.29) is 5.91 Å².